The smallest absolute Gasteiger partial charge is 0.430 e. The lowest BCUT2D eigenvalue weighted by atomic mass is 10.0. The number of cyclic esters (lactones) is 4. The predicted octanol–water partition coefficient (Wildman–Crippen LogP) is -0.0490. The third-order valence-electron chi connectivity index (χ3n) is 1.97. The van der Waals surface area contributed by atoms with Gasteiger partial charge < -0.3 is 18.9 Å². The highest BCUT2D eigenvalue weighted by Gasteiger charge is 2.55. The average molecular weight is 199 g/mol. The standard InChI is InChI=1S/C7H5NO6/c8-2-7(3-12-6(10)14-7)4-1-11-5(9)13-4/h4H,1,3H2. The van der Waals surface area contributed by atoms with Crippen LogP contribution in [0.25, 0.3) is 0 Å². The first-order valence-corrected chi connectivity index (χ1v) is 3.77. The molecule has 7 nitrogen and oxygen atoms in total. The van der Waals surface area contributed by atoms with Crippen LogP contribution in [0.4, 0.5) is 9.59 Å². The maximum Gasteiger partial charge on any atom is 0.510 e. The van der Waals surface area contributed by atoms with Gasteiger partial charge in [0.05, 0.1) is 0 Å². The van der Waals surface area contributed by atoms with E-state index in [1.807, 2.05) is 0 Å². The van der Waals surface area contributed by atoms with Crippen molar-refractivity contribution in [2.75, 3.05) is 13.2 Å². The lowest BCUT2D eigenvalue weighted by molar-refractivity contribution is -0.000773. The zero-order valence-electron chi connectivity index (χ0n) is 6.89. The molecule has 0 aliphatic carbocycles. The van der Waals surface area contributed by atoms with Crippen LogP contribution < -0.4 is 0 Å². The molecule has 0 aromatic carbocycles. The second kappa shape index (κ2) is 2.77. The largest absolute Gasteiger partial charge is 0.510 e. The molecule has 0 N–H and O–H groups in total. The van der Waals surface area contributed by atoms with Crippen LogP contribution in [0, 0.1) is 11.3 Å². The highest BCUT2D eigenvalue weighted by atomic mass is 16.8. The molecule has 0 radical (unpaired) electrons. The van der Waals surface area contributed by atoms with Gasteiger partial charge in [-0.05, 0) is 0 Å². The summed E-state index contributed by atoms with van der Waals surface area (Å²) in [6, 6.07) is 1.75. The molecule has 2 unspecified atom stereocenters. The molecule has 2 aliphatic rings. The van der Waals surface area contributed by atoms with Crippen LogP contribution in [0.3, 0.4) is 0 Å². The Morgan fingerprint density at radius 3 is 2.57 bits per heavy atom. The highest BCUT2D eigenvalue weighted by Crippen LogP contribution is 2.28. The van der Waals surface area contributed by atoms with Gasteiger partial charge in [-0.2, -0.15) is 5.26 Å². The van der Waals surface area contributed by atoms with Gasteiger partial charge in [0.25, 0.3) is 5.60 Å². The molecule has 2 heterocycles. The summed E-state index contributed by atoms with van der Waals surface area (Å²) in [6.07, 6.45) is -2.76. The Morgan fingerprint density at radius 2 is 2.14 bits per heavy atom. The van der Waals surface area contributed by atoms with Gasteiger partial charge in [0.1, 0.15) is 12.7 Å². The number of hydrogen-bond acceptors (Lipinski definition) is 7. The molecule has 2 rings (SSSR count). The lowest BCUT2D eigenvalue weighted by Gasteiger charge is -2.19. The van der Waals surface area contributed by atoms with Crippen molar-refractivity contribution in [1.82, 2.24) is 0 Å². The van der Waals surface area contributed by atoms with Gasteiger partial charge in [0.2, 0.25) is 0 Å². The SMILES string of the molecule is N#CC1(C2COC(=O)O2)COC(=O)O1. The fourth-order valence-electron chi connectivity index (χ4n) is 1.22. The van der Waals surface area contributed by atoms with E-state index >= 15 is 0 Å². The fourth-order valence-corrected chi connectivity index (χ4v) is 1.22. The Bertz CT molecular complexity index is 334. The van der Waals surface area contributed by atoms with Gasteiger partial charge in [-0.1, -0.05) is 0 Å². The summed E-state index contributed by atoms with van der Waals surface area (Å²) in [4.78, 5) is 21.3. The van der Waals surface area contributed by atoms with Gasteiger partial charge in [0, 0.05) is 0 Å². The van der Waals surface area contributed by atoms with Crippen LogP contribution in [0.15, 0.2) is 0 Å². The van der Waals surface area contributed by atoms with E-state index in [0.717, 1.165) is 0 Å². The number of ether oxygens (including phenoxy) is 4. The van der Waals surface area contributed by atoms with Gasteiger partial charge in [-0.25, -0.2) is 9.59 Å². The zero-order chi connectivity index (χ0) is 10.2. The molecule has 2 atom stereocenters. The van der Waals surface area contributed by atoms with Crippen LogP contribution in [0.5, 0.6) is 0 Å². The Balaban J connectivity index is 2.18. The third kappa shape index (κ3) is 1.12. The Hall–Kier alpha value is -1.97. The first-order chi connectivity index (χ1) is 6.66. The van der Waals surface area contributed by atoms with Crippen molar-refractivity contribution >= 4 is 12.3 Å². The minimum atomic E-state index is -1.57. The van der Waals surface area contributed by atoms with Crippen molar-refractivity contribution in [1.29, 1.82) is 5.26 Å². The molecule has 2 saturated heterocycles. The molecule has 7 heteroatoms. The Kier molecular flexibility index (Phi) is 1.70. The van der Waals surface area contributed by atoms with Gasteiger partial charge in [-0.15, -0.1) is 0 Å². The van der Waals surface area contributed by atoms with Crippen molar-refractivity contribution in [2.45, 2.75) is 11.7 Å². The first-order valence-electron chi connectivity index (χ1n) is 3.77. The topological polar surface area (TPSA) is 94.9 Å². The number of hydrogen-bond donors (Lipinski definition) is 0. The average Bonchev–Trinajstić information content (AvgIpc) is 2.73. The van der Waals surface area contributed by atoms with E-state index in [1.165, 1.54) is 0 Å². The van der Waals surface area contributed by atoms with Crippen molar-refractivity contribution in [2.24, 2.45) is 0 Å². The number of nitriles is 1. The van der Waals surface area contributed by atoms with E-state index in [9.17, 15) is 9.59 Å². The van der Waals surface area contributed by atoms with Crippen LogP contribution in [-0.4, -0.2) is 37.2 Å². The number of carbonyl (C=O) groups excluding carboxylic acids is 2. The van der Waals surface area contributed by atoms with Crippen molar-refractivity contribution in [3.05, 3.63) is 0 Å². The molecule has 0 aromatic rings. The monoisotopic (exact) mass is 199 g/mol. The number of carbonyl (C=O) groups is 2. The van der Waals surface area contributed by atoms with Crippen LogP contribution >= 0.6 is 0 Å². The molecule has 0 saturated carbocycles. The lowest BCUT2D eigenvalue weighted by Crippen LogP contribution is -2.45. The molecule has 0 spiro atoms. The molecule has 0 bridgehead atoms. The molecule has 0 aromatic heterocycles. The second-order valence-corrected chi connectivity index (χ2v) is 2.81. The van der Waals surface area contributed by atoms with E-state index in [2.05, 4.69) is 18.9 Å². The molecule has 0 amide bonds. The summed E-state index contributed by atoms with van der Waals surface area (Å²) in [6.45, 7) is -0.382. The summed E-state index contributed by atoms with van der Waals surface area (Å²) in [5.74, 6) is 0. The highest BCUT2D eigenvalue weighted by molar-refractivity contribution is 5.66. The normalized spacial score (nSPS) is 35.2. The van der Waals surface area contributed by atoms with Crippen LogP contribution in [0.2, 0.25) is 0 Å². The van der Waals surface area contributed by atoms with Crippen LogP contribution in [-0.2, 0) is 18.9 Å². The predicted molar refractivity (Wildman–Crippen MR) is 37.0 cm³/mol. The molecular formula is C7H5NO6. The van der Waals surface area contributed by atoms with Gasteiger partial charge >= 0.3 is 12.3 Å². The summed E-state index contributed by atoms with van der Waals surface area (Å²) in [5.41, 5.74) is -1.57. The molecule has 2 fully saturated rings. The zero-order valence-corrected chi connectivity index (χ0v) is 6.89. The molecule has 14 heavy (non-hydrogen) atoms. The second-order valence-electron chi connectivity index (χ2n) is 2.81. The summed E-state index contributed by atoms with van der Waals surface area (Å²) >= 11 is 0. The Morgan fingerprint density at radius 1 is 1.36 bits per heavy atom. The molecular weight excluding hydrogens is 194 g/mol. The van der Waals surface area contributed by atoms with E-state index in [0.29, 0.717) is 0 Å². The minimum absolute atomic E-state index is 0.122. The van der Waals surface area contributed by atoms with E-state index < -0.39 is 24.0 Å². The Labute approximate surface area is 78.1 Å². The summed E-state index contributed by atoms with van der Waals surface area (Å²) in [5, 5.41) is 8.83. The molecule has 2 aliphatic heterocycles. The van der Waals surface area contributed by atoms with Gasteiger partial charge in [0.15, 0.2) is 12.7 Å². The van der Waals surface area contributed by atoms with Gasteiger partial charge in [-0.3, -0.25) is 0 Å². The summed E-state index contributed by atoms with van der Waals surface area (Å²) in [7, 11) is 0. The summed E-state index contributed by atoms with van der Waals surface area (Å²) < 4.78 is 18.3. The maximum absolute atomic E-state index is 10.7. The minimum Gasteiger partial charge on any atom is -0.430 e. The van der Waals surface area contributed by atoms with Crippen molar-refractivity contribution in [3.8, 4) is 6.07 Å². The number of rotatable bonds is 1. The third-order valence-corrected chi connectivity index (χ3v) is 1.97. The van der Waals surface area contributed by atoms with Crippen molar-refractivity contribution < 1.29 is 28.5 Å². The maximum atomic E-state index is 10.7. The van der Waals surface area contributed by atoms with E-state index in [-0.39, 0.29) is 13.2 Å². The van der Waals surface area contributed by atoms with E-state index in [4.69, 9.17) is 5.26 Å². The molecule has 74 valence electrons. The van der Waals surface area contributed by atoms with E-state index in [1.54, 1.807) is 6.07 Å². The quantitative estimate of drug-likeness (QED) is 0.546. The fraction of sp³-hybridized carbons (Fsp3) is 0.571. The van der Waals surface area contributed by atoms with Crippen molar-refractivity contribution in [3.63, 3.8) is 0 Å². The first kappa shape index (κ1) is 8.62. The van der Waals surface area contributed by atoms with Crippen LogP contribution in [0.1, 0.15) is 0 Å². The number of nitrogens with zero attached hydrogens (tertiary/aromatic N) is 1.